The molecule has 0 bridgehead atoms. The zero-order valence-electron chi connectivity index (χ0n) is 6.04. The molecule has 56 valence electrons. The molecule has 0 aromatic carbocycles. The lowest BCUT2D eigenvalue weighted by molar-refractivity contribution is 1.36. The topological polar surface area (TPSA) is 15.8 Å². The summed E-state index contributed by atoms with van der Waals surface area (Å²) in [7, 11) is 0. The average Bonchev–Trinajstić information content (AvgIpc) is 2.31. The molecular formula is C9H9NS. The fraction of sp³-hybridized carbons (Fsp3) is 0.111. The van der Waals surface area contributed by atoms with Crippen LogP contribution in [-0.4, -0.2) is 4.98 Å². The summed E-state index contributed by atoms with van der Waals surface area (Å²) >= 11 is 4.32. The SMILES string of the molecule is SC1=Cc2[nH]ccc2C=CC1. The molecule has 0 saturated heterocycles. The Hall–Kier alpha value is -0.890. The van der Waals surface area contributed by atoms with Gasteiger partial charge in [-0.3, -0.25) is 0 Å². The second-order valence-electron chi connectivity index (χ2n) is 2.59. The molecule has 1 nitrogen and oxygen atoms in total. The van der Waals surface area contributed by atoms with Gasteiger partial charge < -0.3 is 4.98 Å². The highest BCUT2D eigenvalue weighted by Gasteiger charge is 2.01. The molecule has 0 atom stereocenters. The summed E-state index contributed by atoms with van der Waals surface area (Å²) in [5.74, 6) is 0. The summed E-state index contributed by atoms with van der Waals surface area (Å²) in [6.45, 7) is 0. The first kappa shape index (κ1) is 6.80. The summed E-state index contributed by atoms with van der Waals surface area (Å²) < 4.78 is 0. The van der Waals surface area contributed by atoms with Crippen molar-refractivity contribution in [1.82, 2.24) is 4.98 Å². The van der Waals surface area contributed by atoms with Gasteiger partial charge in [0.2, 0.25) is 0 Å². The van der Waals surface area contributed by atoms with E-state index in [1.54, 1.807) is 0 Å². The second kappa shape index (κ2) is 2.62. The number of nitrogens with one attached hydrogen (secondary N) is 1. The van der Waals surface area contributed by atoms with E-state index in [-0.39, 0.29) is 0 Å². The van der Waals surface area contributed by atoms with Crippen LogP contribution >= 0.6 is 12.6 Å². The third kappa shape index (κ3) is 1.26. The molecule has 0 radical (unpaired) electrons. The first-order valence-corrected chi connectivity index (χ1v) is 4.04. The predicted molar refractivity (Wildman–Crippen MR) is 51.4 cm³/mol. The van der Waals surface area contributed by atoms with Gasteiger partial charge in [0.1, 0.15) is 0 Å². The third-order valence-electron chi connectivity index (χ3n) is 1.75. The lowest BCUT2D eigenvalue weighted by atomic mass is 10.2. The highest BCUT2D eigenvalue weighted by atomic mass is 32.1. The minimum Gasteiger partial charge on any atom is -0.361 e. The molecule has 0 amide bonds. The molecule has 1 N–H and O–H groups in total. The van der Waals surface area contributed by atoms with Gasteiger partial charge in [0, 0.05) is 11.9 Å². The maximum atomic E-state index is 4.32. The fourth-order valence-electron chi connectivity index (χ4n) is 1.20. The Morgan fingerprint density at radius 3 is 3.27 bits per heavy atom. The first-order chi connectivity index (χ1) is 5.36. The van der Waals surface area contributed by atoms with E-state index in [1.807, 2.05) is 6.20 Å². The van der Waals surface area contributed by atoms with Gasteiger partial charge in [0.05, 0.1) is 0 Å². The van der Waals surface area contributed by atoms with Gasteiger partial charge in [0.25, 0.3) is 0 Å². The standard InChI is InChI=1S/C9H9NS/c11-8-3-1-2-7-4-5-10-9(7)6-8/h1-2,4-6,10-11H,3H2. The summed E-state index contributed by atoms with van der Waals surface area (Å²) in [4.78, 5) is 4.25. The number of aromatic amines is 1. The Kier molecular flexibility index (Phi) is 1.62. The van der Waals surface area contributed by atoms with E-state index < -0.39 is 0 Å². The van der Waals surface area contributed by atoms with E-state index >= 15 is 0 Å². The lowest BCUT2D eigenvalue weighted by Gasteiger charge is -1.90. The van der Waals surface area contributed by atoms with Crippen LogP contribution in [0.4, 0.5) is 0 Å². The minimum atomic E-state index is 0.936. The number of hydrogen-bond acceptors (Lipinski definition) is 1. The van der Waals surface area contributed by atoms with Gasteiger partial charge in [-0.15, -0.1) is 12.6 Å². The van der Waals surface area contributed by atoms with Crippen LogP contribution in [0.3, 0.4) is 0 Å². The van der Waals surface area contributed by atoms with Crippen molar-refractivity contribution in [1.29, 1.82) is 0 Å². The largest absolute Gasteiger partial charge is 0.361 e. The molecule has 0 saturated carbocycles. The number of rotatable bonds is 0. The van der Waals surface area contributed by atoms with Gasteiger partial charge >= 0.3 is 0 Å². The highest BCUT2D eigenvalue weighted by Crippen LogP contribution is 2.21. The lowest BCUT2D eigenvalue weighted by Crippen LogP contribution is -1.73. The third-order valence-corrected chi connectivity index (χ3v) is 2.06. The van der Waals surface area contributed by atoms with Gasteiger partial charge in [-0.05, 0) is 29.0 Å². The zero-order valence-corrected chi connectivity index (χ0v) is 6.94. The number of aromatic nitrogens is 1. The van der Waals surface area contributed by atoms with Crippen LogP contribution < -0.4 is 0 Å². The van der Waals surface area contributed by atoms with Gasteiger partial charge in [-0.2, -0.15) is 0 Å². The Morgan fingerprint density at radius 1 is 1.45 bits per heavy atom. The first-order valence-electron chi connectivity index (χ1n) is 3.60. The maximum absolute atomic E-state index is 4.32. The van der Waals surface area contributed by atoms with E-state index in [0.717, 1.165) is 17.0 Å². The van der Waals surface area contributed by atoms with Crippen molar-refractivity contribution in [2.75, 3.05) is 0 Å². The van der Waals surface area contributed by atoms with E-state index in [9.17, 15) is 0 Å². The minimum absolute atomic E-state index is 0.936. The van der Waals surface area contributed by atoms with Crippen molar-refractivity contribution in [2.24, 2.45) is 0 Å². The van der Waals surface area contributed by atoms with Crippen LogP contribution in [0.25, 0.3) is 12.2 Å². The second-order valence-corrected chi connectivity index (χ2v) is 3.16. The van der Waals surface area contributed by atoms with Crippen LogP contribution in [0.2, 0.25) is 0 Å². The number of H-pyrrole nitrogens is 1. The maximum Gasteiger partial charge on any atom is 0.0461 e. The molecule has 11 heavy (non-hydrogen) atoms. The van der Waals surface area contributed by atoms with Gasteiger partial charge in [-0.25, -0.2) is 0 Å². The quantitative estimate of drug-likeness (QED) is 0.547. The fourth-order valence-corrected chi connectivity index (χ4v) is 1.43. The molecule has 2 heteroatoms. The Balaban J connectivity index is 2.55. The molecule has 1 aromatic rings. The monoisotopic (exact) mass is 163 g/mol. The molecule has 0 fully saturated rings. The van der Waals surface area contributed by atoms with Crippen LogP contribution in [0, 0.1) is 0 Å². The number of fused-ring (bicyclic) bond motifs is 1. The van der Waals surface area contributed by atoms with Crippen molar-refractivity contribution >= 4 is 24.8 Å². The van der Waals surface area contributed by atoms with Gasteiger partial charge in [0.15, 0.2) is 0 Å². The van der Waals surface area contributed by atoms with Crippen molar-refractivity contribution in [3.05, 3.63) is 34.5 Å². The highest BCUT2D eigenvalue weighted by molar-refractivity contribution is 7.84. The van der Waals surface area contributed by atoms with Crippen LogP contribution in [0.1, 0.15) is 17.7 Å². The number of thiol groups is 1. The molecule has 2 rings (SSSR count). The van der Waals surface area contributed by atoms with E-state index in [1.165, 1.54) is 5.56 Å². The van der Waals surface area contributed by atoms with E-state index in [0.29, 0.717) is 0 Å². The normalized spacial score (nSPS) is 15.5. The molecule has 0 aliphatic heterocycles. The van der Waals surface area contributed by atoms with Gasteiger partial charge in [-0.1, -0.05) is 12.2 Å². The predicted octanol–water partition coefficient (Wildman–Crippen LogP) is 2.70. The van der Waals surface area contributed by atoms with E-state index in [2.05, 4.69) is 41.9 Å². The Labute approximate surface area is 71.2 Å². The smallest absolute Gasteiger partial charge is 0.0461 e. The molecule has 1 heterocycles. The van der Waals surface area contributed by atoms with Crippen LogP contribution in [0.5, 0.6) is 0 Å². The number of hydrogen-bond donors (Lipinski definition) is 2. The molecule has 1 aliphatic carbocycles. The molecule has 1 aliphatic rings. The molecular weight excluding hydrogens is 154 g/mol. The van der Waals surface area contributed by atoms with Crippen LogP contribution in [0.15, 0.2) is 23.2 Å². The Morgan fingerprint density at radius 2 is 2.36 bits per heavy atom. The Bertz CT molecular complexity index is 320. The van der Waals surface area contributed by atoms with Crippen molar-refractivity contribution < 1.29 is 0 Å². The van der Waals surface area contributed by atoms with Crippen molar-refractivity contribution in [3.63, 3.8) is 0 Å². The summed E-state index contributed by atoms with van der Waals surface area (Å²) in [5.41, 5.74) is 2.40. The zero-order chi connectivity index (χ0) is 7.68. The summed E-state index contributed by atoms with van der Waals surface area (Å²) in [6, 6.07) is 2.06. The van der Waals surface area contributed by atoms with Crippen molar-refractivity contribution in [3.8, 4) is 0 Å². The number of allylic oxidation sites excluding steroid dienone is 2. The molecule has 1 aromatic heterocycles. The summed E-state index contributed by atoms with van der Waals surface area (Å²) in [5, 5.41) is 0. The molecule has 0 unspecified atom stereocenters. The average molecular weight is 163 g/mol. The van der Waals surface area contributed by atoms with E-state index in [4.69, 9.17) is 0 Å². The van der Waals surface area contributed by atoms with Crippen LogP contribution in [-0.2, 0) is 0 Å². The molecule has 0 spiro atoms. The van der Waals surface area contributed by atoms with Crippen molar-refractivity contribution in [2.45, 2.75) is 6.42 Å². The summed E-state index contributed by atoms with van der Waals surface area (Å²) in [6.07, 6.45) is 9.19.